The Bertz CT molecular complexity index is 1900. The lowest BCUT2D eigenvalue weighted by molar-refractivity contribution is -0.139. The molecule has 0 amide bonds. The second kappa shape index (κ2) is 13.4. The van der Waals surface area contributed by atoms with E-state index in [0.29, 0.717) is 64.9 Å². The highest BCUT2D eigenvalue weighted by Gasteiger charge is 2.33. The minimum atomic E-state index is -0.755. The number of halogens is 3. The second-order valence-corrected chi connectivity index (χ2v) is 11.8. The van der Waals surface area contributed by atoms with Crippen LogP contribution < -0.4 is 24.4 Å². The monoisotopic (exact) mass is 656 g/mol. The molecule has 11 heteroatoms. The summed E-state index contributed by atoms with van der Waals surface area (Å²) in [7, 11) is 0. The van der Waals surface area contributed by atoms with E-state index in [4.69, 9.17) is 49.0 Å². The molecular formula is C32H27Cl3N2O5S. The average molecular weight is 658 g/mol. The Labute approximate surface area is 267 Å². The summed E-state index contributed by atoms with van der Waals surface area (Å²) in [5.74, 6) is 0.513. The van der Waals surface area contributed by atoms with Crippen LogP contribution in [0.3, 0.4) is 0 Å². The third-order valence-corrected chi connectivity index (χ3v) is 8.34. The summed E-state index contributed by atoms with van der Waals surface area (Å²) < 4.78 is 19.0. The fourth-order valence-electron chi connectivity index (χ4n) is 4.78. The highest BCUT2D eigenvalue weighted by Crippen LogP contribution is 2.34. The number of carbonyl (C=O) groups is 1. The van der Waals surface area contributed by atoms with Gasteiger partial charge in [-0.3, -0.25) is 9.36 Å². The fraction of sp³-hybridized carbons (Fsp3) is 0.219. The first kappa shape index (κ1) is 30.9. The first-order valence-corrected chi connectivity index (χ1v) is 15.4. The molecule has 0 aliphatic carbocycles. The van der Waals surface area contributed by atoms with Crippen molar-refractivity contribution < 1.29 is 19.0 Å². The maximum Gasteiger partial charge on any atom is 0.338 e. The maximum atomic E-state index is 14.1. The van der Waals surface area contributed by atoms with E-state index in [1.54, 1.807) is 44.2 Å². The van der Waals surface area contributed by atoms with Crippen molar-refractivity contribution in [3.8, 4) is 11.5 Å². The number of fused-ring (bicyclic) bond motifs is 1. The van der Waals surface area contributed by atoms with Crippen molar-refractivity contribution in [2.24, 2.45) is 4.99 Å². The van der Waals surface area contributed by atoms with Gasteiger partial charge < -0.3 is 14.2 Å². The summed E-state index contributed by atoms with van der Waals surface area (Å²) in [5, 5.41) is 1.26. The molecule has 0 radical (unpaired) electrons. The Morgan fingerprint density at radius 2 is 1.77 bits per heavy atom. The third kappa shape index (κ3) is 6.68. The molecule has 1 aliphatic heterocycles. The SMILES string of the molecule is CCOC(=O)C1=C(C)N=c2s/c(=C\c3cc(Cl)cc(Cl)c3OCc3cccc(Cl)c3)c(=O)n2[C@@H]1c1ccc(OCC)cc1. The maximum absolute atomic E-state index is 14.1. The number of benzene rings is 3. The van der Waals surface area contributed by atoms with E-state index in [9.17, 15) is 9.59 Å². The van der Waals surface area contributed by atoms with Crippen molar-refractivity contribution in [2.45, 2.75) is 33.4 Å². The zero-order valence-corrected chi connectivity index (χ0v) is 26.6. The molecule has 0 N–H and O–H groups in total. The molecule has 1 aromatic heterocycles. The molecule has 4 aromatic rings. The van der Waals surface area contributed by atoms with E-state index in [1.165, 1.54) is 15.9 Å². The summed E-state index contributed by atoms with van der Waals surface area (Å²) >= 11 is 20.2. The molecule has 43 heavy (non-hydrogen) atoms. The van der Waals surface area contributed by atoms with Crippen LogP contribution in [0, 0.1) is 0 Å². The van der Waals surface area contributed by atoms with Crippen molar-refractivity contribution in [2.75, 3.05) is 13.2 Å². The normalized spacial score (nSPS) is 14.7. The first-order chi connectivity index (χ1) is 20.7. The number of rotatable bonds is 9. The fourth-order valence-corrected chi connectivity index (χ4v) is 6.60. The van der Waals surface area contributed by atoms with Crippen LogP contribution in [-0.4, -0.2) is 23.8 Å². The molecule has 0 saturated carbocycles. The molecular weight excluding hydrogens is 631 g/mol. The zero-order chi connectivity index (χ0) is 30.7. The van der Waals surface area contributed by atoms with Gasteiger partial charge in [-0.25, -0.2) is 9.79 Å². The lowest BCUT2D eigenvalue weighted by Crippen LogP contribution is -2.39. The molecule has 1 aliphatic rings. The Kier molecular flexibility index (Phi) is 9.62. The number of hydrogen-bond donors (Lipinski definition) is 0. The number of ether oxygens (including phenoxy) is 3. The van der Waals surface area contributed by atoms with Gasteiger partial charge in [0.25, 0.3) is 5.56 Å². The lowest BCUT2D eigenvalue weighted by Gasteiger charge is -2.24. The molecule has 2 heterocycles. The van der Waals surface area contributed by atoms with Crippen LogP contribution >= 0.6 is 46.1 Å². The predicted molar refractivity (Wildman–Crippen MR) is 170 cm³/mol. The van der Waals surface area contributed by atoms with Crippen LogP contribution in [-0.2, 0) is 16.1 Å². The topological polar surface area (TPSA) is 79.1 Å². The molecule has 5 rings (SSSR count). The van der Waals surface area contributed by atoms with Gasteiger partial charge in [0.05, 0.1) is 40.1 Å². The molecule has 0 saturated heterocycles. The van der Waals surface area contributed by atoms with Crippen LogP contribution in [0.1, 0.15) is 43.5 Å². The number of esters is 1. The van der Waals surface area contributed by atoms with Gasteiger partial charge in [0.1, 0.15) is 18.1 Å². The Morgan fingerprint density at radius 1 is 1.00 bits per heavy atom. The van der Waals surface area contributed by atoms with Crippen LogP contribution in [0.25, 0.3) is 6.08 Å². The summed E-state index contributed by atoms with van der Waals surface area (Å²) in [6.45, 7) is 6.27. The van der Waals surface area contributed by atoms with Crippen molar-refractivity contribution in [1.82, 2.24) is 4.57 Å². The molecule has 3 aromatic carbocycles. The quantitative estimate of drug-likeness (QED) is 0.187. The van der Waals surface area contributed by atoms with Gasteiger partial charge in [-0.05, 0) is 74.4 Å². The predicted octanol–water partition coefficient (Wildman–Crippen LogP) is 6.74. The average Bonchev–Trinajstić information content (AvgIpc) is 3.26. The van der Waals surface area contributed by atoms with Crippen molar-refractivity contribution >= 4 is 58.2 Å². The van der Waals surface area contributed by atoms with Crippen LogP contribution in [0.4, 0.5) is 0 Å². The zero-order valence-electron chi connectivity index (χ0n) is 23.5. The van der Waals surface area contributed by atoms with Crippen LogP contribution in [0.2, 0.25) is 15.1 Å². The molecule has 222 valence electrons. The molecule has 0 unspecified atom stereocenters. The van der Waals surface area contributed by atoms with Gasteiger partial charge in [0.15, 0.2) is 4.80 Å². The summed E-state index contributed by atoms with van der Waals surface area (Å²) in [6.07, 6.45) is 1.67. The Hall–Kier alpha value is -3.56. The van der Waals surface area contributed by atoms with Crippen molar-refractivity contribution in [3.63, 3.8) is 0 Å². The van der Waals surface area contributed by atoms with Crippen LogP contribution in [0.15, 0.2) is 81.7 Å². The lowest BCUT2D eigenvalue weighted by atomic mass is 9.96. The second-order valence-electron chi connectivity index (χ2n) is 9.53. The van der Waals surface area contributed by atoms with Gasteiger partial charge in [0.2, 0.25) is 0 Å². The first-order valence-electron chi connectivity index (χ1n) is 13.5. The van der Waals surface area contributed by atoms with E-state index < -0.39 is 12.0 Å². The van der Waals surface area contributed by atoms with Gasteiger partial charge in [-0.2, -0.15) is 0 Å². The molecule has 1 atom stereocenters. The minimum Gasteiger partial charge on any atom is -0.494 e. The van der Waals surface area contributed by atoms with Gasteiger partial charge >= 0.3 is 5.97 Å². The molecule has 7 nitrogen and oxygen atoms in total. The summed E-state index contributed by atoms with van der Waals surface area (Å²) in [4.78, 5) is 32.3. The number of allylic oxidation sites excluding steroid dienone is 1. The highest BCUT2D eigenvalue weighted by atomic mass is 35.5. The van der Waals surface area contributed by atoms with Crippen LogP contribution in [0.5, 0.6) is 11.5 Å². The smallest absolute Gasteiger partial charge is 0.338 e. The number of nitrogens with zero attached hydrogens (tertiary/aromatic N) is 2. The van der Waals surface area contributed by atoms with Crippen molar-refractivity contribution in [3.05, 3.63) is 123 Å². The molecule has 0 fully saturated rings. The summed E-state index contributed by atoms with van der Waals surface area (Å²) in [5.41, 5.74) is 2.51. The van der Waals surface area contributed by atoms with E-state index >= 15 is 0 Å². The van der Waals surface area contributed by atoms with Gasteiger partial charge in [-0.1, -0.05) is 70.4 Å². The van der Waals surface area contributed by atoms with E-state index in [0.717, 1.165) is 5.56 Å². The number of thiazole rings is 1. The minimum absolute atomic E-state index is 0.184. The summed E-state index contributed by atoms with van der Waals surface area (Å²) in [6, 6.07) is 17.1. The number of hydrogen-bond acceptors (Lipinski definition) is 7. The number of carbonyl (C=O) groups excluding carboxylic acids is 1. The Morgan fingerprint density at radius 3 is 2.47 bits per heavy atom. The molecule has 0 bridgehead atoms. The highest BCUT2D eigenvalue weighted by molar-refractivity contribution is 7.07. The van der Waals surface area contributed by atoms with Crippen molar-refractivity contribution in [1.29, 1.82) is 0 Å². The third-order valence-electron chi connectivity index (χ3n) is 6.62. The largest absolute Gasteiger partial charge is 0.494 e. The van der Waals surface area contributed by atoms with E-state index in [2.05, 4.69) is 4.99 Å². The van der Waals surface area contributed by atoms with E-state index in [1.807, 2.05) is 43.3 Å². The van der Waals surface area contributed by atoms with Gasteiger partial charge in [-0.15, -0.1) is 0 Å². The standard InChI is InChI=1S/C32H27Cl3N2O5S/c1-4-40-24-11-9-20(10-12-24)28-27(31(39)41-5-2)18(3)36-32-37(28)30(38)26(43-32)15-21-14-23(34)16-25(35)29(21)42-17-19-7-6-8-22(33)13-19/h6-16,28H,4-5,17H2,1-3H3/b26-15-/t28-/m1/s1. The molecule has 0 spiro atoms. The Balaban J connectivity index is 1.63. The number of aromatic nitrogens is 1. The van der Waals surface area contributed by atoms with Gasteiger partial charge in [0, 0.05) is 15.6 Å². The van der Waals surface area contributed by atoms with E-state index in [-0.39, 0.29) is 18.8 Å².